The SMILES string of the molecule is NCc1ncccc1-c1ccc(C(=O)N2CCNCC2)cc1. The first kappa shape index (κ1) is 14.7. The zero-order chi connectivity index (χ0) is 15.4. The molecule has 1 fully saturated rings. The van der Waals surface area contributed by atoms with Crippen molar-refractivity contribution in [3.8, 4) is 11.1 Å². The average molecular weight is 296 g/mol. The maximum atomic E-state index is 12.4. The third-order valence-electron chi connectivity index (χ3n) is 3.93. The van der Waals surface area contributed by atoms with E-state index in [4.69, 9.17) is 5.73 Å². The van der Waals surface area contributed by atoms with Crippen molar-refractivity contribution in [1.29, 1.82) is 0 Å². The number of hydrogen-bond acceptors (Lipinski definition) is 4. The third-order valence-corrected chi connectivity index (χ3v) is 3.93. The molecule has 22 heavy (non-hydrogen) atoms. The summed E-state index contributed by atoms with van der Waals surface area (Å²) in [6, 6.07) is 11.6. The Bertz CT molecular complexity index is 648. The predicted molar refractivity (Wildman–Crippen MR) is 86.3 cm³/mol. The topological polar surface area (TPSA) is 71.2 Å². The number of nitrogens with one attached hydrogen (secondary N) is 1. The summed E-state index contributed by atoms with van der Waals surface area (Å²) in [6.45, 7) is 3.65. The molecule has 3 N–H and O–H groups in total. The first-order chi connectivity index (χ1) is 10.8. The van der Waals surface area contributed by atoms with Crippen molar-refractivity contribution in [3.63, 3.8) is 0 Å². The lowest BCUT2D eigenvalue weighted by Crippen LogP contribution is -2.46. The number of amides is 1. The lowest BCUT2D eigenvalue weighted by Gasteiger charge is -2.27. The van der Waals surface area contributed by atoms with Crippen LogP contribution in [0, 0.1) is 0 Å². The van der Waals surface area contributed by atoms with Crippen LogP contribution >= 0.6 is 0 Å². The zero-order valence-corrected chi connectivity index (χ0v) is 12.5. The molecular formula is C17H20N4O. The van der Waals surface area contributed by atoms with Crippen LogP contribution in [0.3, 0.4) is 0 Å². The second kappa shape index (κ2) is 6.68. The highest BCUT2D eigenvalue weighted by molar-refractivity contribution is 5.94. The maximum Gasteiger partial charge on any atom is 0.253 e. The fraction of sp³-hybridized carbons (Fsp3) is 0.294. The maximum absolute atomic E-state index is 12.4. The molecule has 2 aromatic rings. The minimum Gasteiger partial charge on any atom is -0.336 e. The summed E-state index contributed by atoms with van der Waals surface area (Å²) >= 11 is 0. The van der Waals surface area contributed by atoms with Crippen molar-refractivity contribution in [3.05, 3.63) is 53.9 Å². The molecule has 1 aliphatic rings. The van der Waals surface area contributed by atoms with Gasteiger partial charge >= 0.3 is 0 Å². The van der Waals surface area contributed by atoms with Crippen LogP contribution in [0.5, 0.6) is 0 Å². The number of piperazine rings is 1. The van der Waals surface area contributed by atoms with Gasteiger partial charge in [-0.25, -0.2) is 0 Å². The van der Waals surface area contributed by atoms with Gasteiger partial charge in [-0.05, 0) is 23.8 Å². The number of carbonyl (C=O) groups excluding carboxylic acids is 1. The molecule has 0 bridgehead atoms. The van der Waals surface area contributed by atoms with E-state index in [-0.39, 0.29) is 5.91 Å². The quantitative estimate of drug-likeness (QED) is 0.894. The minimum atomic E-state index is 0.0956. The van der Waals surface area contributed by atoms with Gasteiger partial charge in [0.1, 0.15) is 0 Å². The van der Waals surface area contributed by atoms with Crippen LogP contribution in [0.15, 0.2) is 42.6 Å². The second-order valence-corrected chi connectivity index (χ2v) is 5.32. The molecule has 5 heteroatoms. The van der Waals surface area contributed by atoms with Gasteiger partial charge < -0.3 is 16.0 Å². The van der Waals surface area contributed by atoms with Gasteiger partial charge in [0.25, 0.3) is 5.91 Å². The van der Waals surface area contributed by atoms with Gasteiger partial charge in [-0.2, -0.15) is 0 Å². The Morgan fingerprint density at radius 3 is 2.59 bits per heavy atom. The van der Waals surface area contributed by atoms with Gasteiger partial charge in [-0.1, -0.05) is 18.2 Å². The number of rotatable bonds is 3. The van der Waals surface area contributed by atoms with Gasteiger partial charge in [-0.15, -0.1) is 0 Å². The molecule has 5 nitrogen and oxygen atoms in total. The lowest BCUT2D eigenvalue weighted by molar-refractivity contribution is 0.0736. The Morgan fingerprint density at radius 2 is 1.91 bits per heavy atom. The molecule has 1 aromatic carbocycles. The molecule has 1 saturated heterocycles. The Hall–Kier alpha value is -2.24. The Balaban J connectivity index is 1.82. The van der Waals surface area contributed by atoms with Crippen molar-refractivity contribution in [2.24, 2.45) is 5.73 Å². The van der Waals surface area contributed by atoms with Crippen molar-refractivity contribution < 1.29 is 4.79 Å². The number of pyridine rings is 1. The van der Waals surface area contributed by atoms with E-state index in [0.29, 0.717) is 6.54 Å². The molecule has 1 amide bonds. The minimum absolute atomic E-state index is 0.0956. The van der Waals surface area contributed by atoms with Gasteiger partial charge in [0.15, 0.2) is 0 Å². The fourth-order valence-electron chi connectivity index (χ4n) is 2.71. The molecule has 0 spiro atoms. The normalized spacial score (nSPS) is 14.9. The van der Waals surface area contributed by atoms with E-state index in [1.165, 1.54) is 0 Å². The summed E-state index contributed by atoms with van der Waals surface area (Å²) in [7, 11) is 0. The third kappa shape index (κ3) is 3.00. The van der Waals surface area contributed by atoms with E-state index >= 15 is 0 Å². The van der Waals surface area contributed by atoms with E-state index in [1.807, 2.05) is 41.3 Å². The Kier molecular flexibility index (Phi) is 4.46. The number of nitrogens with two attached hydrogens (primary N) is 1. The number of hydrogen-bond donors (Lipinski definition) is 2. The van der Waals surface area contributed by atoms with Crippen LogP contribution < -0.4 is 11.1 Å². The second-order valence-electron chi connectivity index (χ2n) is 5.32. The summed E-state index contributed by atoms with van der Waals surface area (Å²) in [5.74, 6) is 0.0956. The molecular weight excluding hydrogens is 276 g/mol. The van der Waals surface area contributed by atoms with Gasteiger partial charge in [0.2, 0.25) is 0 Å². The van der Waals surface area contributed by atoms with Crippen molar-refractivity contribution >= 4 is 5.91 Å². The van der Waals surface area contributed by atoms with E-state index in [9.17, 15) is 4.79 Å². The number of aromatic nitrogens is 1. The van der Waals surface area contributed by atoms with Crippen LogP contribution in [-0.4, -0.2) is 42.0 Å². The first-order valence-corrected chi connectivity index (χ1v) is 7.54. The molecule has 1 aromatic heterocycles. The van der Waals surface area contributed by atoms with E-state index in [1.54, 1.807) is 6.20 Å². The molecule has 0 atom stereocenters. The summed E-state index contributed by atoms with van der Waals surface area (Å²) in [4.78, 5) is 18.6. The number of benzene rings is 1. The van der Waals surface area contributed by atoms with Crippen LogP contribution in [0.25, 0.3) is 11.1 Å². The molecule has 0 aliphatic carbocycles. The van der Waals surface area contributed by atoms with E-state index in [2.05, 4.69) is 10.3 Å². The van der Waals surface area contributed by atoms with Crippen molar-refractivity contribution in [1.82, 2.24) is 15.2 Å². The van der Waals surface area contributed by atoms with Gasteiger partial charge in [-0.3, -0.25) is 9.78 Å². The largest absolute Gasteiger partial charge is 0.336 e. The molecule has 1 aliphatic heterocycles. The highest BCUT2D eigenvalue weighted by atomic mass is 16.2. The molecule has 2 heterocycles. The molecule has 0 radical (unpaired) electrons. The first-order valence-electron chi connectivity index (χ1n) is 7.54. The zero-order valence-electron chi connectivity index (χ0n) is 12.5. The van der Waals surface area contributed by atoms with Gasteiger partial charge in [0.05, 0.1) is 5.69 Å². The summed E-state index contributed by atoms with van der Waals surface area (Å²) in [6.07, 6.45) is 1.74. The number of carbonyl (C=O) groups is 1. The van der Waals surface area contributed by atoms with E-state index < -0.39 is 0 Å². The monoisotopic (exact) mass is 296 g/mol. The van der Waals surface area contributed by atoms with Crippen LogP contribution in [0.1, 0.15) is 16.1 Å². The van der Waals surface area contributed by atoms with Crippen LogP contribution in [0.4, 0.5) is 0 Å². The summed E-state index contributed by atoms with van der Waals surface area (Å²) in [5, 5.41) is 3.25. The Morgan fingerprint density at radius 1 is 1.18 bits per heavy atom. The summed E-state index contributed by atoms with van der Waals surface area (Å²) < 4.78 is 0. The van der Waals surface area contributed by atoms with Crippen molar-refractivity contribution in [2.75, 3.05) is 26.2 Å². The molecule has 114 valence electrons. The van der Waals surface area contributed by atoms with Crippen LogP contribution in [0.2, 0.25) is 0 Å². The molecule has 0 unspecified atom stereocenters. The Labute approximate surface area is 130 Å². The van der Waals surface area contributed by atoms with Crippen molar-refractivity contribution in [2.45, 2.75) is 6.54 Å². The van der Waals surface area contributed by atoms with Gasteiger partial charge in [0, 0.05) is 50.0 Å². The van der Waals surface area contributed by atoms with Crippen LogP contribution in [-0.2, 0) is 6.54 Å². The smallest absolute Gasteiger partial charge is 0.253 e. The molecule has 0 saturated carbocycles. The highest BCUT2D eigenvalue weighted by Crippen LogP contribution is 2.22. The summed E-state index contributed by atoms with van der Waals surface area (Å²) in [5.41, 5.74) is 9.38. The highest BCUT2D eigenvalue weighted by Gasteiger charge is 2.17. The average Bonchev–Trinajstić information content (AvgIpc) is 2.62. The standard InChI is InChI=1S/C17H20N4O/c18-12-16-15(2-1-7-20-16)13-3-5-14(6-4-13)17(22)21-10-8-19-9-11-21/h1-7,19H,8-12,18H2. The van der Waals surface area contributed by atoms with E-state index in [0.717, 1.165) is 48.6 Å². The lowest BCUT2D eigenvalue weighted by atomic mass is 10.0. The predicted octanol–water partition coefficient (Wildman–Crippen LogP) is 1.25. The number of nitrogens with zero attached hydrogens (tertiary/aromatic N) is 2. The fourth-order valence-corrected chi connectivity index (χ4v) is 2.71. The molecule has 3 rings (SSSR count).